The maximum absolute atomic E-state index is 13.3. The number of hydrogen-bond acceptors (Lipinski definition) is 8. The van der Waals surface area contributed by atoms with Gasteiger partial charge in [0.25, 0.3) is 0 Å². The van der Waals surface area contributed by atoms with Crippen LogP contribution in [-0.2, 0) is 30.3 Å². The van der Waals surface area contributed by atoms with Crippen molar-refractivity contribution in [2.45, 2.75) is 97.2 Å². The smallest absolute Gasteiger partial charge is 0.411 e. The van der Waals surface area contributed by atoms with Crippen molar-refractivity contribution >= 4 is 18.2 Å². The Bertz CT molecular complexity index is 910. The highest BCUT2D eigenvalue weighted by Gasteiger charge is 2.41. The fraction of sp³-hybridized carbons (Fsp3) is 0.679. The summed E-state index contributed by atoms with van der Waals surface area (Å²) in [7, 11) is 0. The van der Waals surface area contributed by atoms with Gasteiger partial charge in [0.15, 0.2) is 0 Å². The largest absolute Gasteiger partial charge is 0.458 e. The first-order valence-electron chi connectivity index (χ1n) is 13.1. The molecule has 1 N–H and O–H groups in total. The SMILES string of the molecule is C[C@@H](C(=O)OC(C)(C)C)N(C[C@@H]1COC[C@H](CCCO)N1C(=O)OC(C)(C)C)C(=O)OCc1ccccc1. The van der Waals surface area contributed by atoms with Crippen LogP contribution in [-0.4, -0.2) is 88.8 Å². The van der Waals surface area contributed by atoms with E-state index in [0.717, 1.165) is 5.56 Å². The summed E-state index contributed by atoms with van der Waals surface area (Å²) in [5, 5.41) is 9.38. The van der Waals surface area contributed by atoms with Crippen LogP contribution in [0.4, 0.5) is 9.59 Å². The molecule has 1 fully saturated rings. The molecular weight excluding hydrogens is 492 g/mol. The molecule has 0 unspecified atom stereocenters. The van der Waals surface area contributed by atoms with E-state index in [1.807, 2.05) is 30.3 Å². The highest BCUT2D eigenvalue weighted by molar-refractivity contribution is 5.81. The van der Waals surface area contributed by atoms with Crippen molar-refractivity contribution in [3.8, 4) is 0 Å². The maximum Gasteiger partial charge on any atom is 0.411 e. The predicted octanol–water partition coefficient (Wildman–Crippen LogP) is 4.13. The second-order valence-electron chi connectivity index (χ2n) is 11.5. The molecule has 10 heteroatoms. The number of benzene rings is 1. The van der Waals surface area contributed by atoms with E-state index in [0.29, 0.717) is 12.8 Å². The van der Waals surface area contributed by atoms with Crippen LogP contribution in [0.1, 0.15) is 66.9 Å². The standard InChI is InChI=1S/C28H44N2O8/c1-20(24(32)37-27(2,3)4)29(25(33)36-17-21-12-9-8-10-13-21)16-23-19-35-18-22(14-11-15-31)30(23)26(34)38-28(5,6)7/h8-10,12-13,20,22-23,31H,11,14-19H2,1-7H3/t20-,22-,23+/m0/s1. The number of amides is 2. The van der Waals surface area contributed by atoms with Crippen LogP contribution in [0.2, 0.25) is 0 Å². The summed E-state index contributed by atoms with van der Waals surface area (Å²) >= 11 is 0. The van der Waals surface area contributed by atoms with Gasteiger partial charge >= 0.3 is 18.2 Å². The second-order valence-corrected chi connectivity index (χ2v) is 11.5. The first-order chi connectivity index (χ1) is 17.7. The number of nitrogens with zero attached hydrogens (tertiary/aromatic N) is 2. The summed E-state index contributed by atoms with van der Waals surface area (Å²) in [4.78, 5) is 42.5. The second kappa shape index (κ2) is 13.8. The third-order valence-electron chi connectivity index (χ3n) is 5.77. The van der Waals surface area contributed by atoms with Crippen molar-refractivity contribution in [3.63, 3.8) is 0 Å². The maximum atomic E-state index is 13.3. The predicted molar refractivity (Wildman–Crippen MR) is 141 cm³/mol. The molecule has 0 spiro atoms. The number of rotatable bonds is 9. The van der Waals surface area contributed by atoms with Crippen LogP contribution < -0.4 is 0 Å². The number of hydrogen-bond donors (Lipinski definition) is 1. The number of esters is 1. The molecule has 214 valence electrons. The summed E-state index contributed by atoms with van der Waals surface area (Å²) in [6.07, 6.45) is -0.297. The van der Waals surface area contributed by atoms with Crippen molar-refractivity contribution in [1.82, 2.24) is 9.80 Å². The molecule has 1 saturated heterocycles. The van der Waals surface area contributed by atoms with Gasteiger partial charge in [-0.05, 0) is 66.9 Å². The minimum absolute atomic E-state index is 0.0211. The fourth-order valence-corrected chi connectivity index (χ4v) is 4.04. The van der Waals surface area contributed by atoms with Crippen LogP contribution in [0.5, 0.6) is 0 Å². The Labute approximate surface area is 226 Å². The summed E-state index contributed by atoms with van der Waals surface area (Å²) in [6, 6.07) is 7.25. The van der Waals surface area contributed by atoms with Crippen molar-refractivity contribution in [2.75, 3.05) is 26.4 Å². The van der Waals surface area contributed by atoms with Gasteiger partial charge < -0.3 is 24.1 Å². The molecule has 3 atom stereocenters. The van der Waals surface area contributed by atoms with E-state index in [1.54, 1.807) is 53.4 Å². The zero-order chi connectivity index (χ0) is 28.5. The van der Waals surface area contributed by atoms with Gasteiger partial charge in [0.05, 0.1) is 25.3 Å². The molecule has 0 saturated carbocycles. The summed E-state index contributed by atoms with van der Waals surface area (Å²) in [6.45, 7) is 12.5. The Morgan fingerprint density at radius 1 is 1.03 bits per heavy atom. The summed E-state index contributed by atoms with van der Waals surface area (Å²) in [5.74, 6) is -0.591. The van der Waals surface area contributed by atoms with Crippen molar-refractivity contribution in [1.29, 1.82) is 0 Å². The number of carbonyl (C=O) groups is 3. The Morgan fingerprint density at radius 2 is 1.63 bits per heavy atom. The lowest BCUT2D eigenvalue weighted by Crippen LogP contribution is -2.61. The lowest BCUT2D eigenvalue weighted by Gasteiger charge is -2.44. The molecular formula is C28H44N2O8. The molecule has 1 aliphatic rings. The Morgan fingerprint density at radius 3 is 2.21 bits per heavy atom. The number of ether oxygens (including phenoxy) is 4. The van der Waals surface area contributed by atoms with Gasteiger partial charge in [-0.2, -0.15) is 0 Å². The molecule has 1 aromatic rings. The van der Waals surface area contributed by atoms with Gasteiger partial charge in [-0.3, -0.25) is 9.80 Å². The van der Waals surface area contributed by atoms with Gasteiger partial charge in [0, 0.05) is 13.2 Å². The van der Waals surface area contributed by atoms with Crippen LogP contribution in [0.25, 0.3) is 0 Å². The number of morpholine rings is 1. The van der Waals surface area contributed by atoms with E-state index in [2.05, 4.69) is 0 Å². The van der Waals surface area contributed by atoms with E-state index >= 15 is 0 Å². The van der Waals surface area contributed by atoms with Gasteiger partial charge in [0.1, 0.15) is 23.9 Å². The van der Waals surface area contributed by atoms with Crippen LogP contribution in [0.3, 0.4) is 0 Å². The average Bonchev–Trinajstić information content (AvgIpc) is 2.82. The third kappa shape index (κ3) is 10.1. The molecule has 0 aliphatic carbocycles. The van der Waals surface area contributed by atoms with E-state index in [-0.39, 0.29) is 39.0 Å². The van der Waals surface area contributed by atoms with Gasteiger partial charge in [-0.1, -0.05) is 30.3 Å². The van der Waals surface area contributed by atoms with Gasteiger partial charge in [0.2, 0.25) is 0 Å². The first-order valence-corrected chi connectivity index (χ1v) is 13.1. The zero-order valence-electron chi connectivity index (χ0n) is 23.8. The van der Waals surface area contributed by atoms with E-state index in [9.17, 15) is 19.5 Å². The number of aliphatic hydroxyl groups is 1. The van der Waals surface area contributed by atoms with E-state index in [4.69, 9.17) is 18.9 Å². The van der Waals surface area contributed by atoms with Crippen LogP contribution >= 0.6 is 0 Å². The Hall–Kier alpha value is -2.85. The first kappa shape index (κ1) is 31.4. The van der Waals surface area contributed by atoms with Crippen molar-refractivity contribution in [2.24, 2.45) is 0 Å². The van der Waals surface area contributed by atoms with Gasteiger partial charge in [-0.15, -0.1) is 0 Å². The van der Waals surface area contributed by atoms with Gasteiger partial charge in [-0.25, -0.2) is 14.4 Å². The molecule has 2 amide bonds. The minimum Gasteiger partial charge on any atom is -0.458 e. The van der Waals surface area contributed by atoms with Crippen LogP contribution in [0.15, 0.2) is 30.3 Å². The topological polar surface area (TPSA) is 115 Å². The van der Waals surface area contributed by atoms with Crippen LogP contribution in [0, 0.1) is 0 Å². The molecule has 1 aliphatic heterocycles. The van der Waals surface area contributed by atoms with Crippen molar-refractivity contribution in [3.05, 3.63) is 35.9 Å². The Kier molecular flexibility index (Phi) is 11.4. The Balaban J connectivity index is 2.33. The molecule has 38 heavy (non-hydrogen) atoms. The number of aliphatic hydroxyl groups excluding tert-OH is 1. The zero-order valence-corrected chi connectivity index (χ0v) is 23.8. The van der Waals surface area contributed by atoms with E-state index < -0.39 is 41.4 Å². The molecule has 1 heterocycles. The highest BCUT2D eigenvalue weighted by atomic mass is 16.6. The summed E-state index contributed by atoms with van der Waals surface area (Å²) in [5.41, 5.74) is -0.692. The third-order valence-corrected chi connectivity index (χ3v) is 5.77. The highest BCUT2D eigenvalue weighted by Crippen LogP contribution is 2.24. The number of carbonyl (C=O) groups excluding carboxylic acids is 3. The lowest BCUT2D eigenvalue weighted by atomic mass is 10.1. The molecule has 1 aromatic carbocycles. The molecule has 0 aromatic heterocycles. The quantitative estimate of drug-likeness (QED) is 0.370. The minimum atomic E-state index is -0.990. The lowest BCUT2D eigenvalue weighted by molar-refractivity contribution is -0.160. The molecule has 0 radical (unpaired) electrons. The normalized spacial score (nSPS) is 18.9. The van der Waals surface area contributed by atoms with E-state index in [1.165, 1.54) is 4.90 Å². The summed E-state index contributed by atoms with van der Waals surface area (Å²) < 4.78 is 22.6. The average molecular weight is 537 g/mol. The molecule has 0 bridgehead atoms. The van der Waals surface area contributed by atoms with Crippen molar-refractivity contribution < 1.29 is 38.4 Å². The molecule has 2 rings (SSSR count). The monoisotopic (exact) mass is 536 g/mol. The fourth-order valence-electron chi connectivity index (χ4n) is 4.04. The molecule has 10 nitrogen and oxygen atoms in total.